The molecule has 1 saturated heterocycles. The summed E-state index contributed by atoms with van der Waals surface area (Å²) in [5.74, 6) is 0. The first-order valence-corrected chi connectivity index (χ1v) is 5.83. The smallest absolute Gasteiger partial charge is 0.303 e. The van der Waals surface area contributed by atoms with Crippen LogP contribution in [0.3, 0.4) is 0 Å². The second kappa shape index (κ2) is 8.65. The van der Waals surface area contributed by atoms with Gasteiger partial charge in [0.15, 0.2) is 0 Å². The Balaban J connectivity index is 0.000000252. The molecule has 80 valence electrons. The lowest BCUT2D eigenvalue weighted by molar-refractivity contribution is 0.309. The molecule has 1 fully saturated rings. The molecular formula is C8H22N2O2Si. The zero-order chi connectivity index (χ0) is 10.1. The van der Waals surface area contributed by atoms with Gasteiger partial charge in [0, 0.05) is 26.3 Å². The summed E-state index contributed by atoms with van der Waals surface area (Å²) in [4.78, 5) is 0. The van der Waals surface area contributed by atoms with Crippen LogP contribution in [0, 0.1) is 0 Å². The van der Waals surface area contributed by atoms with Crippen LogP contribution in [0.5, 0.6) is 0 Å². The van der Waals surface area contributed by atoms with E-state index in [0.29, 0.717) is 6.04 Å². The Morgan fingerprint density at radius 2 is 2.08 bits per heavy atom. The second-order valence-corrected chi connectivity index (χ2v) is 4.74. The third-order valence-electron chi connectivity index (χ3n) is 1.82. The highest BCUT2D eigenvalue weighted by Crippen LogP contribution is 2.07. The van der Waals surface area contributed by atoms with E-state index in [1.807, 2.05) is 0 Å². The van der Waals surface area contributed by atoms with Crippen LogP contribution in [-0.4, -0.2) is 42.9 Å². The molecule has 2 unspecified atom stereocenters. The van der Waals surface area contributed by atoms with E-state index in [-0.39, 0.29) is 0 Å². The Morgan fingerprint density at radius 3 is 2.15 bits per heavy atom. The first kappa shape index (κ1) is 13.1. The maximum absolute atomic E-state index is 5.56. The molecule has 1 heterocycles. The summed E-state index contributed by atoms with van der Waals surface area (Å²) in [6.45, 7) is 3.25. The van der Waals surface area contributed by atoms with E-state index >= 15 is 0 Å². The van der Waals surface area contributed by atoms with Gasteiger partial charge >= 0.3 is 10.0 Å². The van der Waals surface area contributed by atoms with Crippen molar-refractivity contribution in [1.82, 2.24) is 5.32 Å². The van der Waals surface area contributed by atoms with Crippen molar-refractivity contribution in [2.45, 2.75) is 31.8 Å². The molecule has 0 bridgehead atoms. The van der Waals surface area contributed by atoms with Crippen molar-refractivity contribution < 1.29 is 8.85 Å². The SMILES string of the molecule is CC(N)CC1CCN1.CO[SiH2]OC. The van der Waals surface area contributed by atoms with Crippen molar-refractivity contribution in [3.8, 4) is 0 Å². The second-order valence-electron chi connectivity index (χ2n) is 3.35. The van der Waals surface area contributed by atoms with Crippen molar-refractivity contribution >= 4 is 10.0 Å². The number of hydrogen-bond acceptors (Lipinski definition) is 4. The monoisotopic (exact) mass is 206 g/mol. The van der Waals surface area contributed by atoms with Crippen LogP contribution in [0.25, 0.3) is 0 Å². The lowest BCUT2D eigenvalue weighted by Crippen LogP contribution is -2.45. The third kappa shape index (κ3) is 8.39. The quantitative estimate of drug-likeness (QED) is 0.601. The molecule has 0 aromatic rings. The number of nitrogens with one attached hydrogen (secondary N) is 1. The molecule has 0 aliphatic carbocycles. The Kier molecular flexibility index (Phi) is 8.68. The molecule has 0 saturated carbocycles. The summed E-state index contributed by atoms with van der Waals surface area (Å²) in [7, 11) is 2.73. The van der Waals surface area contributed by atoms with Gasteiger partial charge in [0.25, 0.3) is 0 Å². The Hall–Kier alpha value is 0.0569. The van der Waals surface area contributed by atoms with E-state index in [0.717, 1.165) is 12.5 Å². The lowest BCUT2D eigenvalue weighted by atomic mass is 10.0. The molecule has 0 radical (unpaired) electrons. The van der Waals surface area contributed by atoms with Gasteiger partial charge in [-0.1, -0.05) is 0 Å². The fraction of sp³-hybridized carbons (Fsp3) is 1.00. The van der Waals surface area contributed by atoms with Crippen molar-refractivity contribution in [2.75, 3.05) is 20.8 Å². The minimum atomic E-state index is -0.568. The first-order valence-electron chi connectivity index (χ1n) is 4.67. The molecule has 4 nitrogen and oxygen atoms in total. The maximum atomic E-state index is 5.56. The molecule has 1 aliphatic heterocycles. The fourth-order valence-electron chi connectivity index (χ4n) is 1.12. The molecule has 1 aliphatic rings. The normalized spacial score (nSPS) is 22.6. The van der Waals surface area contributed by atoms with Crippen LogP contribution in [0.4, 0.5) is 0 Å². The van der Waals surface area contributed by atoms with Crippen molar-refractivity contribution in [3.05, 3.63) is 0 Å². The third-order valence-corrected chi connectivity index (χ3v) is 2.29. The molecule has 0 amide bonds. The molecule has 0 aromatic carbocycles. The Bertz CT molecular complexity index is 108. The maximum Gasteiger partial charge on any atom is 0.303 e. The minimum Gasteiger partial charge on any atom is -0.402 e. The van der Waals surface area contributed by atoms with Crippen LogP contribution in [0.1, 0.15) is 19.8 Å². The predicted octanol–water partition coefficient (Wildman–Crippen LogP) is -0.636. The van der Waals surface area contributed by atoms with Crippen molar-refractivity contribution in [3.63, 3.8) is 0 Å². The average molecular weight is 206 g/mol. The summed E-state index contributed by atoms with van der Waals surface area (Å²) in [5.41, 5.74) is 5.56. The van der Waals surface area contributed by atoms with Gasteiger partial charge in [-0.25, -0.2) is 0 Å². The van der Waals surface area contributed by atoms with Gasteiger partial charge in [0.2, 0.25) is 0 Å². The fourth-order valence-corrected chi connectivity index (χ4v) is 1.35. The van der Waals surface area contributed by atoms with E-state index in [9.17, 15) is 0 Å². The van der Waals surface area contributed by atoms with Crippen LogP contribution in [-0.2, 0) is 8.85 Å². The zero-order valence-electron chi connectivity index (χ0n) is 8.88. The van der Waals surface area contributed by atoms with Gasteiger partial charge in [-0.05, 0) is 26.3 Å². The molecule has 0 spiro atoms. The van der Waals surface area contributed by atoms with Crippen molar-refractivity contribution in [2.24, 2.45) is 5.73 Å². The summed E-state index contributed by atoms with van der Waals surface area (Å²) < 4.78 is 9.22. The zero-order valence-corrected chi connectivity index (χ0v) is 10.3. The van der Waals surface area contributed by atoms with Gasteiger partial charge in [0.05, 0.1) is 0 Å². The molecule has 2 atom stereocenters. The van der Waals surface area contributed by atoms with Gasteiger partial charge in [-0.15, -0.1) is 0 Å². The summed E-state index contributed by atoms with van der Waals surface area (Å²) in [6.07, 6.45) is 2.46. The van der Waals surface area contributed by atoms with Crippen LogP contribution in [0.15, 0.2) is 0 Å². The summed E-state index contributed by atoms with van der Waals surface area (Å²) in [5, 5.41) is 3.30. The van der Waals surface area contributed by atoms with Gasteiger partial charge in [-0.3, -0.25) is 0 Å². The molecule has 5 heteroatoms. The molecule has 3 N–H and O–H groups in total. The van der Waals surface area contributed by atoms with Crippen LogP contribution in [0.2, 0.25) is 0 Å². The number of nitrogens with two attached hydrogens (primary N) is 1. The van der Waals surface area contributed by atoms with Gasteiger partial charge in [-0.2, -0.15) is 0 Å². The van der Waals surface area contributed by atoms with Gasteiger partial charge in [0.1, 0.15) is 0 Å². The summed E-state index contributed by atoms with van der Waals surface area (Å²) >= 11 is 0. The largest absolute Gasteiger partial charge is 0.402 e. The molecular weight excluding hydrogens is 184 g/mol. The van der Waals surface area contributed by atoms with E-state index in [4.69, 9.17) is 5.73 Å². The number of rotatable bonds is 4. The van der Waals surface area contributed by atoms with E-state index in [2.05, 4.69) is 21.1 Å². The highest BCUT2D eigenvalue weighted by Gasteiger charge is 2.16. The van der Waals surface area contributed by atoms with E-state index < -0.39 is 10.0 Å². The van der Waals surface area contributed by atoms with E-state index in [1.165, 1.54) is 13.0 Å². The number of hydrogen-bond donors (Lipinski definition) is 2. The van der Waals surface area contributed by atoms with E-state index in [1.54, 1.807) is 14.2 Å². The topological polar surface area (TPSA) is 56.5 Å². The van der Waals surface area contributed by atoms with Gasteiger partial charge < -0.3 is 19.9 Å². The minimum absolute atomic E-state index is 0.368. The highest BCUT2D eigenvalue weighted by atomic mass is 28.3. The van der Waals surface area contributed by atoms with Crippen LogP contribution >= 0.6 is 0 Å². The molecule has 1 rings (SSSR count). The standard InChI is InChI=1S/C6H14N2.C2H8O2Si/c1-5(7)4-6-2-3-8-6;1-3-5-4-2/h5-6,8H,2-4,7H2,1H3;5H2,1-2H3. The van der Waals surface area contributed by atoms with Crippen molar-refractivity contribution in [1.29, 1.82) is 0 Å². The molecule has 0 aromatic heterocycles. The Morgan fingerprint density at radius 1 is 1.54 bits per heavy atom. The average Bonchev–Trinajstić information content (AvgIpc) is 2.00. The predicted molar refractivity (Wildman–Crippen MR) is 57.2 cm³/mol. The van der Waals surface area contributed by atoms with Crippen LogP contribution < -0.4 is 11.1 Å². The first-order chi connectivity index (χ1) is 6.20. The Labute approximate surface area is 83.2 Å². The molecule has 13 heavy (non-hydrogen) atoms. The summed E-state index contributed by atoms with van der Waals surface area (Å²) in [6, 6.07) is 1.10. The lowest BCUT2D eigenvalue weighted by Gasteiger charge is -2.28. The highest BCUT2D eigenvalue weighted by molar-refractivity contribution is 6.17.